The number of carbonyl (C=O) groups excluding carboxylic acids is 2. The first-order chi connectivity index (χ1) is 6.49. The first-order valence-electron chi connectivity index (χ1n) is 4.57. The van der Waals surface area contributed by atoms with Crippen molar-refractivity contribution >= 4 is 11.9 Å². The number of allylic oxidation sites excluding steroid dienone is 1. The fraction of sp³-hybridized carbons (Fsp3) is 0.600. The van der Waals surface area contributed by atoms with Gasteiger partial charge in [0.25, 0.3) is 0 Å². The number of hydrogen-bond donors (Lipinski definition) is 1. The first kappa shape index (κ1) is 10.8. The van der Waals surface area contributed by atoms with Crippen molar-refractivity contribution in [2.45, 2.75) is 26.2 Å². The van der Waals surface area contributed by atoms with Gasteiger partial charge in [-0.15, -0.1) is 0 Å². The smallest absolute Gasteiger partial charge is 0.311 e. The monoisotopic (exact) mass is 197 g/mol. The van der Waals surface area contributed by atoms with E-state index in [4.69, 9.17) is 10.5 Å². The minimum Gasteiger partial charge on any atom is -0.469 e. The van der Waals surface area contributed by atoms with Crippen molar-refractivity contribution in [2.75, 3.05) is 7.11 Å². The van der Waals surface area contributed by atoms with Crippen LogP contribution in [0, 0.1) is 5.41 Å². The van der Waals surface area contributed by atoms with Gasteiger partial charge in [-0.25, -0.2) is 0 Å². The molecule has 1 unspecified atom stereocenters. The van der Waals surface area contributed by atoms with Gasteiger partial charge in [0, 0.05) is 5.57 Å². The molecule has 4 heteroatoms. The topological polar surface area (TPSA) is 69.4 Å². The Morgan fingerprint density at radius 1 is 1.57 bits per heavy atom. The Balaban J connectivity index is 2.74. The quantitative estimate of drug-likeness (QED) is 0.664. The minimum atomic E-state index is -0.492. The molecule has 0 saturated heterocycles. The third-order valence-electron chi connectivity index (χ3n) is 2.74. The van der Waals surface area contributed by atoms with Crippen LogP contribution in [0.4, 0.5) is 0 Å². The molecule has 1 atom stereocenters. The van der Waals surface area contributed by atoms with E-state index in [-0.39, 0.29) is 5.97 Å². The maximum absolute atomic E-state index is 11.4. The molecular formula is C10H15NO3. The zero-order valence-corrected chi connectivity index (χ0v) is 8.50. The number of nitrogens with two attached hydrogens (primary N) is 1. The van der Waals surface area contributed by atoms with Crippen LogP contribution in [0.15, 0.2) is 11.6 Å². The summed E-state index contributed by atoms with van der Waals surface area (Å²) in [4.78, 5) is 22.2. The summed E-state index contributed by atoms with van der Waals surface area (Å²) >= 11 is 0. The van der Waals surface area contributed by atoms with E-state index < -0.39 is 11.3 Å². The van der Waals surface area contributed by atoms with E-state index in [1.165, 1.54) is 7.11 Å². The molecule has 0 bridgehead atoms. The third-order valence-corrected chi connectivity index (χ3v) is 2.74. The van der Waals surface area contributed by atoms with Crippen LogP contribution in [0.2, 0.25) is 0 Å². The Labute approximate surface area is 83.1 Å². The second-order valence-electron chi connectivity index (χ2n) is 3.85. The lowest BCUT2D eigenvalue weighted by molar-refractivity contribution is -0.152. The van der Waals surface area contributed by atoms with Gasteiger partial charge in [0.15, 0.2) is 0 Å². The molecule has 4 nitrogen and oxygen atoms in total. The standard InChI is InChI=1S/C10H15NO3/c1-10(9(13)14-2)5-3-7(4-6-10)8(11)12/h3H,4-6H2,1-2H3,(H2,11,12). The van der Waals surface area contributed by atoms with E-state index in [9.17, 15) is 9.59 Å². The summed E-state index contributed by atoms with van der Waals surface area (Å²) in [6.07, 6.45) is 3.44. The summed E-state index contributed by atoms with van der Waals surface area (Å²) in [6, 6.07) is 0. The number of ether oxygens (including phenoxy) is 1. The van der Waals surface area contributed by atoms with E-state index in [2.05, 4.69) is 0 Å². The number of methoxy groups -OCH3 is 1. The maximum Gasteiger partial charge on any atom is 0.311 e. The molecule has 0 aromatic heterocycles. The zero-order valence-electron chi connectivity index (χ0n) is 8.50. The second kappa shape index (κ2) is 3.82. The van der Waals surface area contributed by atoms with Gasteiger partial charge < -0.3 is 10.5 Å². The molecule has 0 aromatic carbocycles. The fourth-order valence-electron chi connectivity index (χ4n) is 1.62. The molecule has 0 spiro atoms. The average molecular weight is 197 g/mol. The molecule has 0 aromatic rings. The maximum atomic E-state index is 11.4. The lowest BCUT2D eigenvalue weighted by Crippen LogP contribution is -2.32. The van der Waals surface area contributed by atoms with Crippen molar-refractivity contribution in [1.82, 2.24) is 0 Å². The van der Waals surface area contributed by atoms with Gasteiger partial charge in [0.1, 0.15) is 0 Å². The summed E-state index contributed by atoms with van der Waals surface area (Å²) in [6.45, 7) is 1.84. The molecule has 1 rings (SSSR count). The lowest BCUT2D eigenvalue weighted by atomic mass is 9.76. The van der Waals surface area contributed by atoms with Crippen molar-refractivity contribution in [3.63, 3.8) is 0 Å². The van der Waals surface area contributed by atoms with Crippen LogP contribution in [0.25, 0.3) is 0 Å². The minimum absolute atomic E-state index is 0.225. The summed E-state index contributed by atoms with van der Waals surface area (Å²) in [5.74, 6) is -0.616. The molecule has 1 aliphatic rings. The number of amides is 1. The molecule has 14 heavy (non-hydrogen) atoms. The molecule has 1 amide bonds. The van der Waals surface area contributed by atoms with Gasteiger partial charge >= 0.3 is 5.97 Å². The Kier molecular flexibility index (Phi) is 2.93. The zero-order chi connectivity index (χ0) is 10.8. The average Bonchev–Trinajstić information content (AvgIpc) is 2.17. The van der Waals surface area contributed by atoms with Gasteiger partial charge in [-0.1, -0.05) is 6.08 Å². The van der Waals surface area contributed by atoms with Gasteiger partial charge in [0.2, 0.25) is 5.91 Å². The highest BCUT2D eigenvalue weighted by Crippen LogP contribution is 2.35. The summed E-state index contributed by atoms with van der Waals surface area (Å²) in [5.41, 5.74) is 5.27. The number of rotatable bonds is 2. The molecular weight excluding hydrogens is 182 g/mol. The van der Waals surface area contributed by atoms with E-state index in [0.29, 0.717) is 24.8 Å². The molecule has 0 heterocycles. The van der Waals surface area contributed by atoms with Gasteiger partial charge in [0.05, 0.1) is 12.5 Å². The molecule has 0 aliphatic heterocycles. The van der Waals surface area contributed by atoms with Gasteiger partial charge in [-0.3, -0.25) is 9.59 Å². The van der Waals surface area contributed by atoms with Crippen LogP contribution in [0.3, 0.4) is 0 Å². The summed E-state index contributed by atoms with van der Waals surface area (Å²) in [5, 5.41) is 0. The highest BCUT2D eigenvalue weighted by atomic mass is 16.5. The van der Waals surface area contributed by atoms with E-state index in [0.717, 1.165) is 0 Å². The summed E-state index contributed by atoms with van der Waals surface area (Å²) < 4.78 is 4.70. The van der Waals surface area contributed by atoms with Crippen molar-refractivity contribution in [1.29, 1.82) is 0 Å². The Hall–Kier alpha value is -1.32. The molecule has 2 N–H and O–H groups in total. The van der Waals surface area contributed by atoms with Crippen LogP contribution in [-0.4, -0.2) is 19.0 Å². The molecule has 0 saturated carbocycles. The van der Waals surface area contributed by atoms with Gasteiger partial charge in [-0.2, -0.15) is 0 Å². The molecule has 0 radical (unpaired) electrons. The Morgan fingerprint density at radius 3 is 2.57 bits per heavy atom. The molecule has 78 valence electrons. The van der Waals surface area contributed by atoms with Gasteiger partial charge in [-0.05, 0) is 26.2 Å². The fourth-order valence-corrected chi connectivity index (χ4v) is 1.62. The SMILES string of the molecule is COC(=O)C1(C)CC=C(C(N)=O)CC1. The highest BCUT2D eigenvalue weighted by Gasteiger charge is 2.36. The molecule has 0 fully saturated rings. The third kappa shape index (κ3) is 1.95. The van der Waals surface area contributed by atoms with Crippen LogP contribution >= 0.6 is 0 Å². The largest absolute Gasteiger partial charge is 0.469 e. The van der Waals surface area contributed by atoms with Crippen LogP contribution in [0.5, 0.6) is 0 Å². The van der Waals surface area contributed by atoms with Crippen molar-refractivity contribution in [3.05, 3.63) is 11.6 Å². The van der Waals surface area contributed by atoms with E-state index >= 15 is 0 Å². The van der Waals surface area contributed by atoms with Crippen LogP contribution in [-0.2, 0) is 14.3 Å². The predicted molar refractivity (Wildman–Crippen MR) is 51.3 cm³/mol. The lowest BCUT2D eigenvalue weighted by Gasteiger charge is -2.29. The van der Waals surface area contributed by atoms with E-state index in [1.807, 2.05) is 6.92 Å². The molecule has 1 aliphatic carbocycles. The number of carbonyl (C=O) groups is 2. The number of esters is 1. The van der Waals surface area contributed by atoms with Crippen LogP contribution < -0.4 is 5.73 Å². The Bertz CT molecular complexity index is 296. The summed E-state index contributed by atoms with van der Waals surface area (Å²) in [7, 11) is 1.38. The Morgan fingerprint density at radius 2 is 2.21 bits per heavy atom. The number of hydrogen-bond acceptors (Lipinski definition) is 3. The van der Waals surface area contributed by atoms with Crippen molar-refractivity contribution in [3.8, 4) is 0 Å². The van der Waals surface area contributed by atoms with Crippen molar-refractivity contribution < 1.29 is 14.3 Å². The van der Waals surface area contributed by atoms with Crippen molar-refractivity contribution in [2.24, 2.45) is 11.1 Å². The normalized spacial score (nSPS) is 26.6. The number of primary amides is 1. The highest BCUT2D eigenvalue weighted by molar-refractivity contribution is 5.92. The second-order valence-corrected chi connectivity index (χ2v) is 3.85. The van der Waals surface area contributed by atoms with E-state index in [1.54, 1.807) is 6.08 Å². The predicted octanol–water partition coefficient (Wildman–Crippen LogP) is 0.761. The first-order valence-corrected chi connectivity index (χ1v) is 4.57. The van der Waals surface area contributed by atoms with Crippen LogP contribution in [0.1, 0.15) is 26.2 Å².